The molecule has 5 heteroatoms. The summed E-state index contributed by atoms with van der Waals surface area (Å²) in [5.74, 6) is 1.58. The Labute approximate surface area is 90.1 Å². The fourth-order valence-corrected chi connectivity index (χ4v) is 1.01. The second-order valence-corrected chi connectivity index (χ2v) is 3.70. The zero-order valence-electron chi connectivity index (χ0n) is 9.23. The SMILES string of the molecule is CC(C)COCCNc1nccc(N)n1. The Morgan fingerprint density at radius 1 is 1.53 bits per heavy atom. The maximum atomic E-state index is 5.51. The maximum absolute atomic E-state index is 5.51. The largest absolute Gasteiger partial charge is 0.384 e. The molecule has 0 aliphatic rings. The van der Waals surface area contributed by atoms with Gasteiger partial charge in [0.05, 0.1) is 6.61 Å². The lowest BCUT2D eigenvalue weighted by Crippen LogP contribution is -2.13. The van der Waals surface area contributed by atoms with Crippen LogP contribution in [-0.2, 0) is 4.74 Å². The van der Waals surface area contributed by atoms with Gasteiger partial charge in [0.15, 0.2) is 0 Å². The predicted octanol–water partition coefficient (Wildman–Crippen LogP) is 1.14. The van der Waals surface area contributed by atoms with Crippen LogP contribution in [-0.4, -0.2) is 29.7 Å². The van der Waals surface area contributed by atoms with E-state index in [-0.39, 0.29) is 0 Å². The van der Waals surface area contributed by atoms with E-state index in [0.717, 1.165) is 6.61 Å². The van der Waals surface area contributed by atoms with Crippen molar-refractivity contribution in [1.29, 1.82) is 0 Å². The van der Waals surface area contributed by atoms with E-state index in [9.17, 15) is 0 Å². The molecule has 0 fully saturated rings. The van der Waals surface area contributed by atoms with Crippen molar-refractivity contribution in [1.82, 2.24) is 9.97 Å². The fourth-order valence-electron chi connectivity index (χ4n) is 1.01. The first-order chi connectivity index (χ1) is 7.18. The van der Waals surface area contributed by atoms with E-state index in [1.807, 2.05) is 0 Å². The van der Waals surface area contributed by atoms with Crippen LogP contribution in [0, 0.1) is 5.92 Å². The molecule has 0 saturated heterocycles. The van der Waals surface area contributed by atoms with Gasteiger partial charge in [-0.3, -0.25) is 0 Å². The van der Waals surface area contributed by atoms with Crippen molar-refractivity contribution in [2.45, 2.75) is 13.8 Å². The van der Waals surface area contributed by atoms with Gasteiger partial charge in [-0.1, -0.05) is 13.8 Å². The van der Waals surface area contributed by atoms with E-state index in [2.05, 4.69) is 29.1 Å². The first kappa shape index (κ1) is 11.7. The molecule has 0 aromatic carbocycles. The highest BCUT2D eigenvalue weighted by molar-refractivity contribution is 5.34. The van der Waals surface area contributed by atoms with Gasteiger partial charge < -0.3 is 15.8 Å². The van der Waals surface area contributed by atoms with E-state index in [0.29, 0.717) is 30.8 Å². The molecule has 5 nitrogen and oxygen atoms in total. The normalized spacial score (nSPS) is 10.6. The maximum Gasteiger partial charge on any atom is 0.224 e. The molecule has 1 heterocycles. The summed E-state index contributed by atoms with van der Waals surface area (Å²) in [4.78, 5) is 8.02. The van der Waals surface area contributed by atoms with E-state index in [4.69, 9.17) is 10.5 Å². The van der Waals surface area contributed by atoms with E-state index in [1.165, 1.54) is 0 Å². The quantitative estimate of drug-likeness (QED) is 0.689. The Hall–Kier alpha value is -1.36. The first-order valence-electron chi connectivity index (χ1n) is 5.08. The molecule has 0 spiro atoms. The Kier molecular flexibility index (Phi) is 4.83. The predicted molar refractivity (Wildman–Crippen MR) is 60.6 cm³/mol. The minimum atomic E-state index is 0.468. The molecule has 15 heavy (non-hydrogen) atoms. The summed E-state index contributed by atoms with van der Waals surface area (Å²) < 4.78 is 5.40. The molecular formula is C10H18N4O. The van der Waals surface area contributed by atoms with Crippen LogP contribution >= 0.6 is 0 Å². The molecule has 0 saturated carbocycles. The van der Waals surface area contributed by atoms with Gasteiger partial charge >= 0.3 is 0 Å². The number of aromatic nitrogens is 2. The fraction of sp³-hybridized carbons (Fsp3) is 0.600. The molecule has 0 radical (unpaired) electrons. The molecular weight excluding hydrogens is 192 g/mol. The summed E-state index contributed by atoms with van der Waals surface area (Å²) >= 11 is 0. The molecule has 0 aliphatic heterocycles. The van der Waals surface area contributed by atoms with Gasteiger partial charge in [-0.2, -0.15) is 4.98 Å². The second-order valence-electron chi connectivity index (χ2n) is 3.70. The third kappa shape index (κ3) is 5.17. The van der Waals surface area contributed by atoms with Crippen molar-refractivity contribution in [2.75, 3.05) is 30.8 Å². The second kappa shape index (κ2) is 6.19. The van der Waals surface area contributed by atoms with Gasteiger partial charge in [0, 0.05) is 19.3 Å². The molecule has 0 amide bonds. The standard InChI is InChI=1S/C10H18N4O/c1-8(2)7-15-6-5-13-10-12-4-3-9(11)14-10/h3-4,8H,5-7H2,1-2H3,(H3,11,12,13,14). The summed E-state index contributed by atoms with van der Waals surface area (Å²) in [6, 6.07) is 1.65. The highest BCUT2D eigenvalue weighted by Crippen LogP contribution is 2.00. The van der Waals surface area contributed by atoms with Gasteiger partial charge in [-0.05, 0) is 12.0 Å². The molecule has 1 aromatic rings. The van der Waals surface area contributed by atoms with Gasteiger partial charge in [-0.15, -0.1) is 0 Å². The molecule has 0 bridgehead atoms. The van der Waals surface area contributed by atoms with Crippen LogP contribution in [0.2, 0.25) is 0 Å². The Morgan fingerprint density at radius 3 is 3.00 bits per heavy atom. The summed E-state index contributed by atoms with van der Waals surface area (Å²) in [5.41, 5.74) is 5.51. The number of nitrogens with one attached hydrogen (secondary N) is 1. The minimum absolute atomic E-state index is 0.468. The first-order valence-corrected chi connectivity index (χ1v) is 5.08. The minimum Gasteiger partial charge on any atom is -0.384 e. The lowest BCUT2D eigenvalue weighted by Gasteiger charge is -2.07. The van der Waals surface area contributed by atoms with Crippen LogP contribution in [0.3, 0.4) is 0 Å². The van der Waals surface area contributed by atoms with E-state index >= 15 is 0 Å². The number of rotatable bonds is 6. The van der Waals surface area contributed by atoms with Crippen LogP contribution in [0.15, 0.2) is 12.3 Å². The van der Waals surface area contributed by atoms with Crippen molar-refractivity contribution >= 4 is 11.8 Å². The Balaban J connectivity index is 2.15. The molecule has 3 N–H and O–H groups in total. The van der Waals surface area contributed by atoms with Gasteiger partial charge in [0.1, 0.15) is 5.82 Å². The number of nitrogen functional groups attached to an aromatic ring is 1. The molecule has 1 aromatic heterocycles. The zero-order chi connectivity index (χ0) is 11.1. The van der Waals surface area contributed by atoms with Crippen LogP contribution in [0.5, 0.6) is 0 Å². The molecule has 0 unspecified atom stereocenters. The molecule has 84 valence electrons. The van der Waals surface area contributed by atoms with Crippen molar-refractivity contribution in [3.8, 4) is 0 Å². The average molecular weight is 210 g/mol. The Morgan fingerprint density at radius 2 is 2.33 bits per heavy atom. The number of hydrogen-bond acceptors (Lipinski definition) is 5. The number of nitrogens with zero attached hydrogens (tertiary/aromatic N) is 2. The monoisotopic (exact) mass is 210 g/mol. The third-order valence-electron chi connectivity index (χ3n) is 1.66. The third-order valence-corrected chi connectivity index (χ3v) is 1.66. The van der Waals surface area contributed by atoms with Crippen LogP contribution in [0.25, 0.3) is 0 Å². The van der Waals surface area contributed by atoms with Crippen molar-refractivity contribution in [3.05, 3.63) is 12.3 Å². The Bertz CT molecular complexity index is 291. The topological polar surface area (TPSA) is 73.1 Å². The van der Waals surface area contributed by atoms with Gasteiger partial charge in [-0.25, -0.2) is 4.98 Å². The summed E-state index contributed by atoms with van der Waals surface area (Å²) in [6.07, 6.45) is 1.62. The van der Waals surface area contributed by atoms with Crippen LogP contribution < -0.4 is 11.1 Å². The average Bonchev–Trinajstić information content (AvgIpc) is 2.17. The van der Waals surface area contributed by atoms with Crippen LogP contribution in [0.4, 0.5) is 11.8 Å². The van der Waals surface area contributed by atoms with E-state index < -0.39 is 0 Å². The van der Waals surface area contributed by atoms with Gasteiger partial charge in [0.25, 0.3) is 0 Å². The van der Waals surface area contributed by atoms with Crippen LogP contribution in [0.1, 0.15) is 13.8 Å². The highest BCUT2D eigenvalue weighted by atomic mass is 16.5. The number of hydrogen-bond donors (Lipinski definition) is 2. The number of ether oxygens (including phenoxy) is 1. The summed E-state index contributed by atoms with van der Waals surface area (Å²) in [6.45, 7) is 6.36. The lowest BCUT2D eigenvalue weighted by atomic mass is 10.2. The van der Waals surface area contributed by atoms with E-state index in [1.54, 1.807) is 12.3 Å². The van der Waals surface area contributed by atoms with Crippen molar-refractivity contribution in [2.24, 2.45) is 5.92 Å². The van der Waals surface area contributed by atoms with Crippen molar-refractivity contribution in [3.63, 3.8) is 0 Å². The summed E-state index contributed by atoms with van der Waals surface area (Å²) in [5, 5.41) is 3.03. The number of nitrogens with two attached hydrogens (primary N) is 1. The molecule has 0 atom stereocenters. The lowest BCUT2D eigenvalue weighted by molar-refractivity contribution is 0.118. The van der Waals surface area contributed by atoms with Gasteiger partial charge in [0.2, 0.25) is 5.95 Å². The molecule has 0 aliphatic carbocycles. The summed E-state index contributed by atoms with van der Waals surface area (Å²) in [7, 11) is 0. The smallest absolute Gasteiger partial charge is 0.224 e. The number of anilines is 2. The van der Waals surface area contributed by atoms with Crippen molar-refractivity contribution < 1.29 is 4.74 Å². The zero-order valence-corrected chi connectivity index (χ0v) is 9.23. The highest BCUT2D eigenvalue weighted by Gasteiger charge is 1.96. The molecule has 1 rings (SSSR count).